The first kappa shape index (κ1) is 13.9. The molecular weight excluding hydrogens is 202 g/mol. The Morgan fingerprint density at radius 2 is 2.00 bits per heavy atom. The topological polar surface area (TPSA) is 52.5 Å². The molecular formula is C13H27NO2. The molecule has 1 aliphatic rings. The van der Waals surface area contributed by atoms with E-state index in [4.69, 9.17) is 5.11 Å². The van der Waals surface area contributed by atoms with Gasteiger partial charge in [-0.25, -0.2) is 0 Å². The van der Waals surface area contributed by atoms with Gasteiger partial charge >= 0.3 is 0 Å². The van der Waals surface area contributed by atoms with Crippen LogP contribution in [0.5, 0.6) is 0 Å². The van der Waals surface area contributed by atoms with Crippen molar-refractivity contribution in [2.45, 2.75) is 64.0 Å². The Bertz CT molecular complexity index is 175. The van der Waals surface area contributed by atoms with Crippen molar-refractivity contribution in [3.63, 3.8) is 0 Å². The average Bonchev–Trinajstić information content (AvgIpc) is 2.49. The van der Waals surface area contributed by atoms with Gasteiger partial charge < -0.3 is 15.5 Å². The number of hydrogen-bond acceptors (Lipinski definition) is 3. The van der Waals surface area contributed by atoms with Crippen molar-refractivity contribution in [2.75, 3.05) is 13.2 Å². The average molecular weight is 229 g/mol. The van der Waals surface area contributed by atoms with Gasteiger partial charge in [-0.05, 0) is 38.1 Å². The Hall–Kier alpha value is -0.120. The van der Waals surface area contributed by atoms with Crippen LogP contribution in [0.1, 0.15) is 51.9 Å². The van der Waals surface area contributed by atoms with Crippen LogP contribution in [0.25, 0.3) is 0 Å². The number of aliphatic hydroxyl groups is 2. The second-order valence-corrected chi connectivity index (χ2v) is 5.20. The first-order chi connectivity index (χ1) is 7.74. The van der Waals surface area contributed by atoms with Crippen LogP contribution >= 0.6 is 0 Å². The summed E-state index contributed by atoms with van der Waals surface area (Å²) in [5.74, 6) is 0.404. The van der Waals surface area contributed by atoms with Crippen molar-refractivity contribution in [2.24, 2.45) is 5.92 Å². The van der Waals surface area contributed by atoms with Crippen LogP contribution in [0.15, 0.2) is 0 Å². The molecule has 3 heteroatoms. The van der Waals surface area contributed by atoms with E-state index in [1.807, 2.05) is 0 Å². The Morgan fingerprint density at radius 3 is 2.75 bits per heavy atom. The van der Waals surface area contributed by atoms with Crippen molar-refractivity contribution < 1.29 is 10.2 Å². The summed E-state index contributed by atoms with van der Waals surface area (Å²) in [6, 6.07) is 0.298. The lowest BCUT2D eigenvalue weighted by molar-refractivity contribution is 0.119. The van der Waals surface area contributed by atoms with Crippen molar-refractivity contribution in [3.8, 4) is 0 Å². The fourth-order valence-corrected chi connectivity index (χ4v) is 2.36. The fraction of sp³-hybridized carbons (Fsp3) is 1.00. The van der Waals surface area contributed by atoms with E-state index in [0.717, 1.165) is 32.2 Å². The van der Waals surface area contributed by atoms with E-state index < -0.39 is 0 Å². The number of aliphatic hydroxyl groups excluding tert-OH is 2. The maximum absolute atomic E-state index is 9.90. The summed E-state index contributed by atoms with van der Waals surface area (Å²) in [7, 11) is 0. The molecule has 0 amide bonds. The summed E-state index contributed by atoms with van der Waals surface area (Å²) in [6.07, 6.45) is 7.72. The third-order valence-electron chi connectivity index (χ3n) is 3.57. The highest BCUT2D eigenvalue weighted by molar-refractivity contribution is 4.78. The Morgan fingerprint density at radius 1 is 1.25 bits per heavy atom. The van der Waals surface area contributed by atoms with Crippen LogP contribution in [-0.2, 0) is 0 Å². The third kappa shape index (κ3) is 5.28. The maximum atomic E-state index is 9.90. The number of rotatable bonds is 6. The molecule has 3 nitrogen and oxygen atoms in total. The van der Waals surface area contributed by atoms with E-state index in [9.17, 15) is 5.11 Å². The molecule has 3 atom stereocenters. The zero-order valence-electron chi connectivity index (χ0n) is 10.5. The van der Waals surface area contributed by atoms with Crippen molar-refractivity contribution in [1.29, 1.82) is 0 Å². The second-order valence-electron chi connectivity index (χ2n) is 5.20. The van der Waals surface area contributed by atoms with Gasteiger partial charge in [0.1, 0.15) is 0 Å². The van der Waals surface area contributed by atoms with Gasteiger partial charge in [0.2, 0.25) is 0 Å². The standard InChI is InChI=1S/C13H27NO2/c1-11(10-15)6-5-9-14-12-7-3-2-4-8-13(12)16/h11-16H,2-10H2,1H3. The van der Waals surface area contributed by atoms with E-state index >= 15 is 0 Å². The fourth-order valence-electron chi connectivity index (χ4n) is 2.36. The van der Waals surface area contributed by atoms with Gasteiger partial charge in [-0.1, -0.05) is 26.2 Å². The zero-order chi connectivity index (χ0) is 11.8. The molecule has 1 saturated carbocycles. The Kier molecular flexibility index (Phi) is 7.01. The SMILES string of the molecule is CC(CO)CCCNC1CCCCCC1O. The molecule has 0 heterocycles. The van der Waals surface area contributed by atoms with E-state index in [1.165, 1.54) is 19.3 Å². The lowest BCUT2D eigenvalue weighted by Crippen LogP contribution is -2.39. The van der Waals surface area contributed by atoms with Crippen LogP contribution in [0.3, 0.4) is 0 Å². The van der Waals surface area contributed by atoms with Crippen LogP contribution in [0.2, 0.25) is 0 Å². The molecule has 0 aliphatic heterocycles. The van der Waals surface area contributed by atoms with Gasteiger partial charge in [0, 0.05) is 12.6 Å². The van der Waals surface area contributed by atoms with Gasteiger partial charge in [0.05, 0.1) is 6.10 Å². The molecule has 1 rings (SSSR count). The molecule has 0 spiro atoms. The molecule has 0 saturated heterocycles. The molecule has 0 bridgehead atoms. The highest BCUT2D eigenvalue weighted by Gasteiger charge is 2.20. The van der Waals surface area contributed by atoms with Crippen LogP contribution in [0, 0.1) is 5.92 Å². The first-order valence-electron chi connectivity index (χ1n) is 6.76. The van der Waals surface area contributed by atoms with E-state index in [0.29, 0.717) is 12.0 Å². The van der Waals surface area contributed by atoms with Gasteiger partial charge in [-0.15, -0.1) is 0 Å². The predicted molar refractivity (Wildman–Crippen MR) is 66.4 cm³/mol. The summed E-state index contributed by atoms with van der Waals surface area (Å²) in [5, 5.41) is 22.3. The van der Waals surface area contributed by atoms with Gasteiger partial charge in [-0.3, -0.25) is 0 Å². The monoisotopic (exact) mass is 229 g/mol. The smallest absolute Gasteiger partial charge is 0.0693 e. The molecule has 1 aliphatic carbocycles. The summed E-state index contributed by atoms with van der Waals surface area (Å²) < 4.78 is 0. The highest BCUT2D eigenvalue weighted by atomic mass is 16.3. The van der Waals surface area contributed by atoms with E-state index in [-0.39, 0.29) is 12.7 Å². The Balaban J connectivity index is 2.10. The van der Waals surface area contributed by atoms with Crippen molar-refractivity contribution in [1.82, 2.24) is 5.32 Å². The van der Waals surface area contributed by atoms with Gasteiger partial charge in [0.15, 0.2) is 0 Å². The summed E-state index contributed by atoms with van der Waals surface area (Å²) in [6.45, 7) is 3.32. The molecule has 0 aromatic carbocycles. The second kappa shape index (κ2) is 8.04. The summed E-state index contributed by atoms with van der Waals surface area (Å²) in [4.78, 5) is 0. The number of hydrogen-bond donors (Lipinski definition) is 3. The molecule has 0 aromatic heterocycles. The lowest BCUT2D eigenvalue weighted by atomic mass is 10.0. The van der Waals surface area contributed by atoms with E-state index in [1.54, 1.807) is 0 Å². The van der Waals surface area contributed by atoms with Crippen LogP contribution in [0.4, 0.5) is 0 Å². The third-order valence-corrected chi connectivity index (χ3v) is 3.57. The zero-order valence-corrected chi connectivity index (χ0v) is 10.5. The van der Waals surface area contributed by atoms with Crippen molar-refractivity contribution >= 4 is 0 Å². The number of nitrogens with one attached hydrogen (secondary N) is 1. The normalized spacial score (nSPS) is 28.7. The van der Waals surface area contributed by atoms with Crippen LogP contribution < -0.4 is 5.32 Å². The lowest BCUT2D eigenvalue weighted by Gasteiger charge is -2.22. The molecule has 16 heavy (non-hydrogen) atoms. The molecule has 0 aromatic rings. The minimum atomic E-state index is -0.155. The summed E-state index contributed by atoms with van der Waals surface area (Å²) in [5.41, 5.74) is 0. The largest absolute Gasteiger partial charge is 0.396 e. The van der Waals surface area contributed by atoms with Gasteiger partial charge in [0.25, 0.3) is 0 Å². The molecule has 3 unspecified atom stereocenters. The summed E-state index contributed by atoms with van der Waals surface area (Å²) >= 11 is 0. The van der Waals surface area contributed by atoms with Gasteiger partial charge in [-0.2, -0.15) is 0 Å². The Labute approximate surface area is 99.3 Å². The minimum Gasteiger partial charge on any atom is -0.396 e. The molecule has 3 N–H and O–H groups in total. The highest BCUT2D eigenvalue weighted by Crippen LogP contribution is 2.18. The molecule has 0 radical (unpaired) electrons. The van der Waals surface area contributed by atoms with E-state index in [2.05, 4.69) is 12.2 Å². The van der Waals surface area contributed by atoms with Crippen molar-refractivity contribution in [3.05, 3.63) is 0 Å². The van der Waals surface area contributed by atoms with Crippen LogP contribution in [-0.4, -0.2) is 35.5 Å². The molecule has 1 fully saturated rings. The minimum absolute atomic E-state index is 0.155. The first-order valence-corrected chi connectivity index (χ1v) is 6.76. The quantitative estimate of drug-likeness (QED) is 0.480. The maximum Gasteiger partial charge on any atom is 0.0693 e. The molecule has 96 valence electrons. The predicted octanol–water partition coefficient (Wildman–Crippen LogP) is 1.68.